The quantitative estimate of drug-likeness (QED) is 0.764. The third kappa shape index (κ3) is 5.77. The normalized spacial score (nSPS) is 19.1. The highest BCUT2D eigenvalue weighted by Gasteiger charge is 2.30. The Hall–Kier alpha value is -0.650. The van der Waals surface area contributed by atoms with E-state index in [1.165, 1.54) is 0 Å². The second-order valence-electron chi connectivity index (χ2n) is 6.82. The van der Waals surface area contributed by atoms with E-state index in [4.69, 9.17) is 15.6 Å². The number of nitrogens with two attached hydrogens (primary N) is 1. The van der Waals surface area contributed by atoms with Gasteiger partial charge in [-0.25, -0.2) is 0 Å². The zero-order valence-electron chi connectivity index (χ0n) is 13.1. The van der Waals surface area contributed by atoms with Crippen LogP contribution < -0.4 is 5.73 Å². The van der Waals surface area contributed by atoms with Gasteiger partial charge < -0.3 is 20.5 Å². The molecule has 1 fully saturated rings. The van der Waals surface area contributed by atoms with Crippen molar-refractivity contribution in [3.63, 3.8) is 0 Å². The summed E-state index contributed by atoms with van der Waals surface area (Å²) >= 11 is 0. The fraction of sp³-hybridized carbons (Fsp3) is 0.933. The molecular formula is C15H30N2O3. The van der Waals surface area contributed by atoms with Gasteiger partial charge in [-0.3, -0.25) is 4.79 Å². The number of rotatable bonds is 6. The van der Waals surface area contributed by atoms with Crippen molar-refractivity contribution in [2.45, 2.75) is 46.1 Å². The minimum atomic E-state index is -0.0788. The van der Waals surface area contributed by atoms with E-state index in [0.717, 1.165) is 32.4 Å². The Morgan fingerprint density at radius 2 is 2.00 bits per heavy atom. The molecule has 1 saturated heterocycles. The lowest BCUT2D eigenvalue weighted by atomic mass is 9.84. The molecule has 1 heterocycles. The van der Waals surface area contributed by atoms with Crippen LogP contribution in [-0.4, -0.2) is 54.9 Å². The van der Waals surface area contributed by atoms with E-state index in [-0.39, 0.29) is 30.0 Å². The van der Waals surface area contributed by atoms with E-state index < -0.39 is 0 Å². The second-order valence-corrected chi connectivity index (χ2v) is 6.82. The third-order valence-electron chi connectivity index (χ3n) is 3.69. The van der Waals surface area contributed by atoms with Crippen LogP contribution in [0.2, 0.25) is 0 Å². The minimum Gasteiger partial charge on any atom is -0.394 e. The van der Waals surface area contributed by atoms with Gasteiger partial charge in [0.25, 0.3) is 0 Å². The summed E-state index contributed by atoms with van der Waals surface area (Å²) in [6.07, 6.45) is 2.69. The minimum absolute atomic E-state index is 0.0555. The zero-order valence-corrected chi connectivity index (χ0v) is 13.1. The van der Waals surface area contributed by atoms with Crippen molar-refractivity contribution in [2.24, 2.45) is 17.1 Å². The number of aliphatic hydroxyl groups is 1. The smallest absolute Gasteiger partial charge is 0.226 e. The topological polar surface area (TPSA) is 75.8 Å². The Morgan fingerprint density at radius 1 is 1.40 bits per heavy atom. The molecule has 1 aliphatic rings. The zero-order chi connectivity index (χ0) is 15.2. The van der Waals surface area contributed by atoms with E-state index >= 15 is 0 Å². The summed E-state index contributed by atoms with van der Waals surface area (Å²) in [7, 11) is 0. The van der Waals surface area contributed by atoms with Crippen LogP contribution >= 0.6 is 0 Å². The van der Waals surface area contributed by atoms with Gasteiger partial charge in [-0.05, 0) is 24.7 Å². The molecule has 118 valence electrons. The maximum absolute atomic E-state index is 12.5. The van der Waals surface area contributed by atoms with Crippen molar-refractivity contribution in [3.05, 3.63) is 0 Å². The number of amides is 1. The Labute approximate surface area is 122 Å². The molecule has 0 radical (unpaired) electrons. The van der Waals surface area contributed by atoms with Crippen LogP contribution in [-0.2, 0) is 9.53 Å². The van der Waals surface area contributed by atoms with Crippen LogP contribution in [0.5, 0.6) is 0 Å². The first kappa shape index (κ1) is 17.4. The molecule has 1 aliphatic heterocycles. The number of likely N-dealkylation sites (tertiary alicyclic amines) is 1. The van der Waals surface area contributed by atoms with E-state index in [9.17, 15) is 4.79 Å². The Morgan fingerprint density at radius 3 is 2.45 bits per heavy atom. The number of ether oxygens (including phenoxy) is 1. The van der Waals surface area contributed by atoms with Gasteiger partial charge in [0, 0.05) is 19.6 Å². The molecule has 1 atom stereocenters. The summed E-state index contributed by atoms with van der Waals surface area (Å²) in [4.78, 5) is 14.4. The fourth-order valence-electron chi connectivity index (χ4n) is 2.73. The molecule has 3 N–H and O–H groups in total. The molecule has 1 amide bonds. The number of aliphatic hydroxyl groups excluding tert-OH is 1. The molecule has 20 heavy (non-hydrogen) atoms. The highest BCUT2D eigenvalue weighted by molar-refractivity contribution is 5.79. The average molecular weight is 286 g/mol. The Kier molecular flexibility index (Phi) is 6.92. The first-order valence-corrected chi connectivity index (χ1v) is 7.58. The van der Waals surface area contributed by atoms with Crippen molar-refractivity contribution >= 4 is 5.91 Å². The van der Waals surface area contributed by atoms with Gasteiger partial charge >= 0.3 is 0 Å². The molecule has 0 aromatic carbocycles. The van der Waals surface area contributed by atoms with Gasteiger partial charge in [-0.15, -0.1) is 0 Å². The molecule has 5 heteroatoms. The number of carbonyl (C=O) groups is 1. The molecule has 1 unspecified atom stereocenters. The fourth-order valence-corrected chi connectivity index (χ4v) is 2.73. The summed E-state index contributed by atoms with van der Waals surface area (Å²) in [5.74, 6) is 0.105. The summed E-state index contributed by atoms with van der Waals surface area (Å²) in [5, 5.41) is 8.75. The van der Waals surface area contributed by atoms with E-state index in [2.05, 4.69) is 20.8 Å². The lowest BCUT2D eigenvalue weighted by Gasteiger charge is -2.35. The van der Waals surface area contributed by atoms with Crippen LogP contribution in [0.25, 0.3) is 0 Å². The number of carbonyl (C=O) groups excluding carboxylic acids is 1. The maximum atomic E-state index is 12.5. The lowest BCUT2D eigenvalue weighted by Crippen LogP contribution is -2.46. The molecule has 0 aliphatic carbocycles. The van der Waals surface area contributed by atoms with Crippen LogP contribution in [0.4, 0.5) is 0 Å². The van der Waals surface area contributed by atoms with Gasteiger partial charge in [0.1, 0.15) is 0 Å². The summed E-state index contributed by atoms with van der Waals surface area (Å²) in [5.41, 5.74) is 5.89. The first-order chi connectivity index (χ1) is 9.37. The summed E-state index contributed by atoms with van der Waals surface area (Å²) in [6, 6.07) is 0. The van der Waals surface area contributed by atoms with Gasteiger partial charge in [-0.2, -0.15) is 0 Å². The first-order valence-electron chi connectivity index (χ1n) is 7.58. The van der Waals surface area contributed by atoms with Crippen molar-refractivity contribution in [1.82, 2.24) is 4.90 Å². The third-order valence-corrected chi connectivity index (χ3v) is 3.69. The highest BCUT2D eigenvalue weighted by Crippen LogP contribution is 2.26. The molecule has 1 rings (SSSR count). The van der Waals surface area contributed by atoms with Crippen molar-refractivity contribution in [3.8, 4) is 0 Å². The van der Waals surface area contributed by atoms with Crippen molar-refractivity contribution < 1.29 is 14.6 Å². The van der Waals surface area contributed by atoms with Crippen molar-refractivity contribution in [2.75, 3.05) is 32.8 Å². The van der Waals surface area contributed by atoms with Gasteiger partial charge in [-0.1, -0.05) is 20.8 Å². The highest BCUT2D eigenvalue weighted by atomic mass is 16.5. The predicted octanol–water partition coefficient (Wildman–Crippen LogP) is 0.997. The molecule has 0 bridgehead atoms. The van der Waals surface area contributed by atoms with Gasteiger partial charge in [0.05, 0.1) is 25.2 Å². The van der Waals surface area contributed by atoms with E-state index in [1.54, 1.807) is 0 Å². The summed E-state index contributed by atoms with van der Waals surface area (Å²) in [6.45, 7) is 8.73. The Balaban J connectivity index is 2.44. The lowest BCUT2D eigenvalue weighted by molar-refractivity contribution is -0.139. The number of piperidine rings is 1. The number of nitrogens with zero attached hydrogens (tertiary/aromatic N) is 1. The van der Waals surface area contributed by atoms with Crippen LogP contribution in [0.3, 0.4) is 0 Å². The number of hydrogen-bond acceptors (Lipinski definition) is 4. The number of hydrogen-bond donors (Lipinski definition) is 2. The maximum Gasteiger partial charge on any atom is 0.226 e. The molecule has 0 saturated carbocycles. The molecule has 0 aromatic heterocycles. The summed E-state index contributed by atoms with van der Waals surface area (Å²) < 4.78 is 5.51. The van der Waals surface area contributed by atoms with E-state index in [1.807, 2.05) is 4.90 Å². The average Bonchev–Trinajstić information content (AvgIpc) is 2.41. The van der Waals surface area contributed by atoms with Crippen LogP contribution in [0.15, 0.2) is 0 Å². The largest absolute Gasteiger partial charge is 0.394 e. The standard InChI is InChI=1S/C15H30N2O3/c1-15(2,3)10-12(11-16)14(19)17-6-4-13(5-7-17)20-9-8-18/h12-13,18H,4-11,16H2,1-3H3. The molecular weight excluding hydrogens is 256 g/mol. The predicted molar refractivity (Wildman–Crippen MR) is 79.3 cm³/mol. The molecule has 5 nitrogen and oxygen atoms in total. The Bertz CT molecular complexity index is 294. The van der Waals surface area contributed by atoms with Crippen molar-refractivity contribution in [1.29, 1.82) is 0 Å². The van der Waals surface area contributed by atoms with Gasteiger partial charge in [0.15, 0.2) is 0 Å². The second kappa shape index (κ2) is 7.96. The van der Waals surface area contributed by atoms with E-state index in [0.29, 0.717) is 13.2 Å². The molecule has 0 spiro atoms. The SMILES string of the molecule is CC(C)(C)CC(CN)C(=O)N1CCC(OCCO)CC1. The molecule has 0 aromatic rings. The van der Waals surface area contributed by atoms with Crippen LogP contribution in [0.1, 0.15) is 40.0 Å². The van der Waals surface area contributed by atoms with Crippen LogP contribution in [0, 0.1) is 11.3 Å². The van der Waals surface area contributed by atoms with Gasteiger partial charge in [0.2, 0.25) is 5.91 Å². The monoisotopic (exact) mass is 286 g/mol.